The lowest BCUT2D eigenvalue weighted by atomic mass is 9.99. The first-order valence-electron chi connectivity index (χ1n) is 7.04. The van der Waals surface area contributed by atoms with Crippen LogP contribution in [-0.4, -0.2) is 6.04 Å². The zero-order valence-corrected chi connectivity index (χ0v) is 12.7. The Hall–Kier alpha value is -1.80. The Kier molecular flexibility index (Phi) is 4.46. The molecule has 0 bridgehead atoms. The van der Waals surface area contributed by atoms with Gasteiger partial charge in [-0.1, -0.05) is 36.4 Å². The van der Waals surface area contributed by atoms with Gasteiger partial charge in [0.15, 0.2) is 0 Å². The van der Waals surface area contributed by atoms with E-state index >= 15 is 0 Å². The number of rotatable bonds is 4. The predicted molar refractivity (Wildman–Crippen MR) is 84.1 cm³/mol. The average molecular weight is 269 g/mol. The molecular weight excluding hydrogens is 246 g/mol. The molecule has 0 aliphatic heterocycles. The van der Waals surface area contributed by atoms with Crippen LogP contribution in [0.4, 0.5) is 0 Å². The summed E-state index contributed by atoms with van der Waals surface area (Å²) in [7, 11) is 0. The van der Waals surface area contributed by atoms with Crippen LogP contribution < -0.4 is 10.5 Å². The molecule has 0 aromatic heterocycles. The van der Waals surface area contributed by atoms with E-state index in [1.54, 1.807) is 0 Å². The third kappa shape index (κ3) is 3.20. The van der Waals surface area contributed by atoms with Crippen molar-refractivity contribution in [1.29, 1.82) is 0 Å². The lowest BCUT2D eigenvalue weighted by molar-refractivity contribution is 0.178. The van der Waals surface area contributed by atoms with E-state index in [9.17, 15) is 0 Å². The molecule has 0 amide bonds. The van der Waals surface area contributed by atoms with E-state index in [4.69, 9.17) is 10.5 Å². The number of aryl methyl sites for hydroxylation is 3. The van der Waals surface area contributed by atoms with Crippen LogP contribution in [0.2, 0.25) is 0 Å². The van der Waals surface area contributed by atoms with Gasteiger partial charge in [0.25, 0.3) is 0 Å². The monoisotopic (exact) mass is 269 g/mol. The third-order valence-electron chi connectivity index (χ3n) is 3.57. The molecule has 0 aliphatic rings. The van der Waals surface area contributed by atoms with E-state index in [-0.39, 0.29) is 12.1 Å². The maximum Gasteiger partial charge on any atom is 0.139 e. The van der Waals surface area contributed by atoms with Crippen molar-refractivity contribution in [2.24, 2.45) is 5.73 Å². The van der Waals surface area contributed by atoms with Gasteiger partial charge in [-0.3, -0.25) is 0 Å². The van der Waals surface area contributed by atoms with Gasteiger partial charge >= 0.3 is 0 Å². The summed E-state index contributed by atoms with van der Waals surface area (Å²) in [5.74, 6) is 0.913. The second kappa shape index (κ2) is 6.10. The van der Waals surface area contributed by atoms with Crippen LogP contribution in [0.1, 0.15) is 35.3 Å². The molecule has 20 heavy (non-hydrogen) atoms. The van der Waals surface area contributed by atoms with Crippen molar-refractivity contribution in [1.82, 2.24) is 0 Å². The summed E-state index contributed by atoms with van der Waals surface area (Å²) >= 11 is 0. The predicted octanol–water partition coefficient (Wildman–Crippen LogP) is 4.08. The molecule has 2 aromatic carbocycles. The number of nitrogens with two attached hydrogens (primary N) is 1. The molecule has 2 N–H and O–H groups in total. The molecule has 0 radical (unpaired) electrons. The Bertz CT molecular complexity index is 590. The summed E-state index contributed by atoms with van der Waals surface area (Å²) in [6.45, 7) is 8.21. The van der Waals surface area contributed by atoms with Gasteiger partial charge in [0.2, 0.25) is 0 Å². The highest BCUT2D eigenvalue weighted by molar-refractivity contribution is 5.37. The first kappa shape index (κ1) is 14.6. The molecule has 0 saturated heterocycles. The second-order valence-electron chi connectivity index (χ2n) is 5.52. The maximum absolute atomic E-state index is 6.23. The fraction of sp³-hybridized carbons (Fsp3) is 0.333. The summed E-state index contributed by atoms with van der Waals surface area (Å²) in [6, 6.07) is 14.4. The van der Waals surface area contributed by atoms with Gasteiger partial charge in [0, 0.05) is 6.04 Å². The highest BCUT2D eigenvalue weighted by atomic mass is 16.5. The smallest absolute Gasteiger partial charge is 0.139 e. The molecule has 2 atom stereocenters. The molecule has 2 aromatic rings. The average Bonchev–Trinajstić information content (AvgIpc) is 2.40. The van der Waals surface area contributed by atoms with Crippen LogP contribution in [-0.2, 0) is 0 Å². The molecule has 2 heteroatoms. The third-order valence-corrected chi connectivity index (χ3v) is 3.57. The zero-order chi connectivity index (χ0) is 14.7. The van der Waals surface area contributed by atoms with E-state index in [1.165, 1.54) is 11.1 Å². The van der Waals surface area contributed by atoms with Crippen LogP contribution >= 0.6 is 0 Å². The van der Waals surface area contributed by atoms with Crippen molar-refractivity contribution in [3.63, 3.8) is 0 Å². The fourth-order valence-corrected chi connectivity index (χ4v) is 2.33. The normalized spacial score (nSPS) is 13.8. The highest BCUT2D eigenvalue weighted by Crippen LogP contribution is 2.29. The highest BCUT2D eigenvalue weighted by Gasteiger charge is 2.20. The van der Waals surface area contributed by atoms with Crippen LogP contribution in [0.3, 0.4) is 0 Å². The van der Waals surface area contributed by atoms with Crippen LogP contribution in [0.25, 0.3) is 0 Å². The van der Waals surface area contributed by atoms with Crippen LogP contribution in [0.15, 0.2) is 42.5 Å². The summed E-state index contributed by atoms with van der Waals surface area (Å²) in [4.78, 5) is 0. The molecule has 0 heterocycles. The Morgan fingerprint density at radius 3 is 2.30 bits per heavy atom. The Morgan fingerprint density at radius 2 is 1.65 bits per heavy atom. The fourth-order valence-electron chi connectivity index (χ4n) is 2.33. The second-order valence-corrected chi connectivity index (χ2v) is 5.52. The molecule has 106 valence electrons. The molecule has 2 rings (SSSR count). The molecule has 0 spiro atoms. The zero-order valence-electron chi connectivity index (χ0n) is 12.7. The summed E-state index contributed by atoms with van der Waals surface area (Å²) in [6.07, 6.45) is -0.128. The Morgan fingerprint density at radius 1 is 0.950 bits per heavy atom. The minimum absolute atomic E-state index is 0.0731. The lowest BCUT2D eigenvalue weighted by Crippen LogP contribution is -2.29. The Labute approximate surface area is 121 Å². The van der Waals surface area contributed by atoms with Crippen LogP contribution in [0, 0.1) is 20.8 Å². The van der Waals surface area contributed by atoms with Gasteiger partial charge in [0.1, 0.15) is 11.9 Å². The minimum Gasteiger partial charge on any atom is -0.484 e. The van der Waals surface area contributed by atoms with Crippen LogP contribution in [0.5, 0.6) is 5.75 Å². The summed E-state index contributed by atoms with van der Waals surface area (Å²) < 4.78 is 6.23. The molecule has 0 fully saturated rings. The molecule has 0 aliphatic carbocycles. The van der Waals surface area contributed by atoms with Gasteiger partial charge < -0.3 is 10.5 Å². The van der Waals surface area contributed by atoms with E-state index in [2.05, 4.69) is 51.1 Å². The first-order valence-corrected chi connectivity index (χ1v) is 7.04. The SMILES string of the molecule is Cc1ccc(C)c(OC(c2ccccc2C)C(C)N)c1. The largest absolute Gasteiger partial charge is 0.484 e. The maximum atomic E-state index is 6.23. The van der Waals surface area contributed by atoms with Gasteiger partial charge in [-0.2, -0.15) is 0 Å². The summed E-state index contributed by atoms with van der Waals surface area (Å²) in [5, 5.41) is 0. The van der Waals surface area contributed by atoms with E-state index < -0.39 is 0 Å². The van der Waals surface area contributed by atoms with E-state index in [1.807, 2.05) is 19.1 Å². The van der Waals surface area contributed by atoms with Crippen molar-refractivity contribution in [2.75, 3.05) is 0 Å². The number of ether oxygens (including phenoxy) is 1. The van der Waals surface area contributed by atoms with Gasteiger partial charge in [-0.15, -0.1) is 0 Å². The molecule has 2 nitrogen and oxygen atoms in total. The summed E-state index contributed by atoms with van der Waals surface area (Å²) in [5.41, 5.74) is 10.8. The van der Waals surface area contributed by atoms with E-state index in [0.717, 1.165) is 16.9 Å². The molecule has 0 saturated carbocycles. The standard InChI is InChI=1S/C18H23NO/c1-12-9-10-14(3)17(11-12)20-18(15(4)19)16-8-6-5-7-13(16)2/h5-11,15,18H,19H2,1-4H3. The topological polar surface area (TPSA) is 35.2 Å². The lowest BCUT2D eigenvalue weighted by Gasteiger charge is -2.25. The van der Waals surface area contributed by atoms with Gasteiger partial charge in [0.05, 0.1) is 0 Å². The Balaban J connectivity index is 2.36. The quantitative estimate of drug-likeness (QED) is 0.907. The van der Waals surface area contributed by atoms with Gasteiger partial charge in [-0.05, 0) is 56.0 Å². The number of hydrogen-bond donors (Lipinski definition) is 1. The van der Waals surface area contributed by atoms with Crippen molar-refractivity contribution in [3.8, 4) is 5.75 Å². The van der Waals surface area contributed by atoms with Crippen molar-refractivity contribution >= 4 is 0 Å². The molecule has 2 unspecified atom stereocenters. The first-order chi connectivity index (χ1) is 9.49. The number of hydrogen-bond acceptors (Lipinski definition) is 2. The van der Waals surface area contributed by atoms with E-state index in [0.29, 0.717) is 0 Å². The van der Waals surface area contributed by atoms with Crippen molar-refractivity contribution in [2.45, 2.75) is 39.8 Å². The van der Waals surface area contributed by atoms with Crippen molar-refractivity contribution in [3.05, 3.63) is 64.7 Å². The van der Waals surface area contributed by atoms with Gasteiger partial charge in [-0.25, -0.2) is 0 Å². The minimum atomic E-state index is -0.128. The molecular formula is C18H23NO. The van der Waals surface area contributed by atoms with Crippen molar-refractivity contribution < 1.29 is 4.74 Å². The number of benzene rings is 2.